The number of piperidine rings is 1. The molecule has 1 saturated heterocycles. The van der Waals surface area contributed by atoms with E-state index in [1.165, 1.54) is 6.42 Å². The van der Waals surface area contributed by atoms with Crippen molar-refractivity contribution in [3.05, 3.63) is 0 Å². The number of amides is 1. The second kappa shape index (κ2) is 6.80. The van der Waals surface area contributed by atoms with Crippen molar-refractivity contribution in [3.63, 3.8) is 0 Å². The van der Waals surface area contributed by atoms with E-state index in [-0.39, 0.29) is 12.5 Å². The SMILES string of the molecule is CCNC1CCCN(C(=O)COCC)C1. The van der Waals surface area contributed by atoms with Crippen LogP contribution in [0.1, 0.15) is 26.7 Å². The maximum Gasteiger partial charge on any atom is 0.248 e. The lowest BCUT2D eigenvalue weighted by molar-refractivity contribution is -0.137. The highest BCUT2D eigenvalue weighted by atomic mass is 16.5. The van der Waals surface area contributed by atoms with Crippen LogP contribution in [0, 0.1) is 0 Å². The molecule has 0 aromatic heterocycles. The smallest absolute Gasteiger partial charge is 0.248 e. The van der Waals surface area contributed by atoms with Crippen molar-refractivity contribution in [2.24, 2.45) is 0 Å². The van der Waals surface area contributed by atoms with E-state index in [0.717, 1.165) is 26.1 Å². The van der Waals surface area contributed by atoms with Gasteiger partial charge in [-0.2, -0.15) is 0 Å². The molecule has 1 aliphatic rings. The average molecular weight is 214 g/mol. The molecule has 0 spiro atoms. The summed E-state index contributed by atoms with van der Waals surface area (Å²) >= 11 is 0. The Hall–Kier alpha value is -0.610. The van der Waals surface area contributed by atoms with Crippen molar-refractivity contribution in [1.29, 1.82) is 0 Å². The Labute approximate surface area is 92.0 Å². The van der Waals surface area contributed by atoms with Gasteiger partial charge < -0.3 is 15.0 Å². The highest BCUT2D eigenvalue weighted by molar-refractivity contribution is 5.77. The standard InChI is InChI=1S/C11H22N2O2/c1-3-12-10-6-5-7-13(8-10)11(14)9-15-4-2/h10,12H,3-9H2,1-2H3. The van der Waals surface area contributed by atoms with Gasteiger partial charge in [0.2, 0.25) is 5.91 Å². The molecule has 88 valence electrons. The van der Waals surface area contributed by atoms with Gasteiger partial charge in [0.1, 0.15) is 6.61 Å². The highest BCUT2D eigenvalue weighted by Gasteiger charge is 2.22. The topological polar surface area (TPSA) is 41.6 Å². The van der Waals surface area contributed by atoms with Crippen molar-refractivity contribution >= 4 is 5.91 Å². The second-order valence-electron chi connectivity index (χ2n) is 3.87. The Morgan fingerprint density at radius 1 is 1.53 bits per heavy atom. The van der Waals surface area contributed by atoms with E-state index in [9.17, 15) is 4.79 Å². The van der Waals surface area contributed by atoms with Gasteiger partial charge in [0.25, 0.3) is 0 Å². The van der Waals surface area contributed by atoms with Gasteiger partial charge >= 0.3 is 0 Å². The number of hydrogen-bond acceptors (Lipinski definition) is 3. The molecule has 1 heterocycles. The average Bonchev–Trinajstić information content (AvgIpc) is 2.27. The van der Waals surface area contributed by atoms with Gasteiger partial charge in [-0.15, -0.1) is 0 Å². The van der Waals surface area contributed by atoms with Crippen LogP contribution in [0.5, 0.6) is 0 Å². The van der Waals surface area contributed by atoms with Gasteiger partial charge in [-0.1, -0.05) is 6.92 Å². The molecule has 0 saturated carbocycles. The first kappa shape index (κ1) is 12.5. The molecule has 4 nitrogen and oxygen atoms in total. The van der Waals surface area contributed by atoms with E-state index in [1.807, 2.05) is 11.8 Å². The highest BCUT2D eigenvalue weighted by Crippen LogP contribution is 2.10. The van der Waals surface area contributed by atoms with Crippen LogP contribution in [0.2, 0.25) is 0 Å². The normalized spacial score (nSPS) is 21.7. The van der Waals surface area contributed by atoms with E-state index in [1.54, 1.807) is 0 Å². The first-order valence-corrected chi connectivity index (χ1v) is 5.86. The van der Waals surface area contributed by atoms with E-state index in [0.29, 0.717) is 12.6 Å². The molecule has 0 aliphatic carbocycles. The fourth-order valence-corrected chi connectivity index (χ4v) is 1.94. The molecule has 1 fully saturated rings. The van der Waals surface area contributed by atoms with Crippen LogP contribution in [0.15, 0.2) is 0 Å². The van der Waals surface area contributed by atoms with Gasteiger partial charge in [0, 0.05) is 25.7 Å². The molecular formula is C11H22N2O2. The van der Waals surface area contributed by atoms with Crippen LogP contribution < -0.4 is 5.32 Å². The molecule has 1 unspecified atom stereocenters. The maximum atomic E-state index is 11.7. The molecule has 4 heteroatoms. The van der Waals surface area contributed by atoms with Crippen molar-refractivity contribution in [1.82, 2.24) is 10.2 Å². The molecule has 0 aromatic rings. The number of carbonyl (C=O) groups is 1. The number of hydrogen-bond donors (Lipinski definition) is 1. The Morgan fingerprint density at radius 3 is 3.00 bits per heavy atom. The summed E-state index contributed by atoms with van der Waals surface area (Å²) in [4.78, 5) is 13.6. The van der Waals surface area contributed by atoms with Gasteiger partial charge in [-0.3, -0.25) is 4.79 Å². The number of rotatable bonds is 5. The number of nitrogens with zero attached hydrogens (tertiary/aromatic N) is 1. The van der Waals surface area contributed by atoms with Crippen molar-refractivity contribution in [2.45, 2.75) is 32.7 Å². The zero-order valence-electron chi connectivity index (χ0n) is 9.79. The number of ether oxygens (including phenoxy) is 1. The summed E-state index contributed by atoms with van der Waals surface area (Å²) < 4.78 is 5.13. The molecule has 1 N–H and O–H groups in total. The number of carbonyl (C=O) groups excluding carboxylic acids is 1. The third-order valence-electron chi connectivity index (χ3n) is 2.70. The molecule has 1 rings (SSSR count). The lowest BCUT2D eigenvalue weighted by Crippen LogP contribution is -2.48. The van der Waals surface area contributed by atoms with Gasteiger partial charge in [-0.25, -0.2) is 0 Å². The first-order chi connectivity index (χ1) is 7.27. The summed E-state index contributed by atoms with van der Waals surface area (Å²) in [6, 6.07) is 0.467. The fourth-order valence-electron chi connectivity index (χ4n) is 1.94. The summed E-state index contributed by atoms with van der Waals surface area (Å²) in [7, 11) is 0. The molecule has 15 heavy (non-hydrogen) atoms. The van der Waals surface area contributed by atoms with Crippen LogP contribution in [-0.2, 0) is 9.53 Å². The first-order valence-electron chi connectivity index (χ1n) is 5.86. The van der Waals surface area contributed by atoms with Crippen LogP contribution in [-0.4, -0.2) is 49.7 Å². The van der Waals surface area contributed by atoms with Gasteiger partial charge in [0.15, 0.2) is 0 Å². The maximum absolute atomic E-state index is 11.7. The molecule has 1 aliphatic heterocycles. The zero-order valence-corrected chi connectivity index (χ0v) is 9.79. The van der Waals surface area contributed by atoms with Crippen LogP contribution in [0.3, 0.4) is 0 Å². The van der Waals surface area contributed by atoms with Crippen molar-refractivity contribution in [3.8, 4) is 0 Å². The summed E-state index contributed by atoms with van der Waals surface area (Å²) in [5.41, 5.74) is 0. The second-order valence-corrected chi connectivity index (χ2v) is 3.87. The predicted molar refractivity (Wildman–Crippen MR) is 59.8 cm³/mol. The fraction of sp³-hybridized carbons (Fsp3) is 0.909. The van der Waals surface area contributed by atoms with Crippen LogP contribution >= 0.6 is 0 Å². The summed E-state index contributed by atoms with van der Waals surface area (Å²) in [6.07, 6.45) is 2.27. The molecule has 1 atom stereocenters. The van der Waals surface area contributed by atoms with E-state index in [4.69, 9.17) is 4.74 Å². The molecule has 0 aromatic carbocycles. The third kappa shape index (κ3) is 4.18. The minimum absolute atomic E-state index is 0.124. The predicted octanol–water partition coefficient (Wildman–Crippen LogP) is 0.623. The van der Waals surface area contributed by atoms with Gasteiger partial charge in [0.05, 0.1) is 0 Å². The number of nitrogens with one attached hydrogen (secondary N) is 1. The van der Waals surface area contributed by atoms with Crippen molar-refractivity contribution < 1.29 is 9.53 Å². The largest absolute Gasteiger partial charge is 0.372 e. The summed E-state index contributed by atoms with van der Waals surface area (Å²) in [6.45, 7) is 7.53. The Morgan fingerprint density at radius 2 is 2.33 bits per heavy atom. The minimum atomic E-state index is 0.124. The van der Waals surface area contributed by atoms with Crippen LogP contribution in [0.25, 0.3) is 0 Å². The Balaban J connectivity index is 2.31. The van der Waals surface area contributed by atoms with E-state index >= 15 is 0 Å². The van der Waals surface area contributed by atoms with E-state index in [2.05, 4.69) is 12.2 Å². The van der Waals surface area contributed by atoms with Gasteiger partial charge in [-0.05, 0) is 26.3 Å². The van der Waals surface area contributed by atoms with Crippen LogP contribution in [0.4, 0.5) is 0 Å². The lowest BCUT2D eigenvalue weighted by Gasteiger charge is -2.33. The minimum Gasteiger partial charge on any atom is -0.372 e. The lowest BCUT2D eigenvalue weighted by atomic mass is 10.1. The zero-order chi connectivity index (χ0) is 11.1. The third-order valence-corrected chi connectivity index (χ3v) is 2.70. The monoisotopic (exact) mass is 214 g/mol. The Bertz CT molecular complexity index is 195. The molecular weight excluding hydrogens is 192 g/mol. The van der Waals surface area contributed by atoms with E-state index < -0.39 is 0 Å². The number of likely N-dealkylation sites (N-methyl/N-ethyl adjacent to an activating group) is 1. The molecule has 1 amide bonds. The number of likely N-dealkylation sites (tertiary alicyclic amines) is 1. The molecule has 0 radical (unpaired) electrons. The quantitative estimate of drug-likeness (QED) is 0.729. The Kier molecular flexibility index (Phi) is 5.65. The molecule has 0 bridgehead atoms. The summed E-state index contributed by atoms with van der Waals surface area (Å²) in [5, 5.41) is 3.39. The summed E-state index contributed by atoms with van der Waals surface area (Å²) in [5.74, 6) is 0.124. The van der Waals surface area contributed by atoms with Crippen molar-refractivity contribution in [2.75, 3.05) is 32.8 Å².